The average Bonchev–Trinajstić information content (AvgIpc) is 2.02. The molecule has 0 saturated carbocycles. The standard InChI is InChI=1S/C11H18O2/c1-11(2)6-9(3-4-12)5-10(7-11)8-13/h3-5,10,12-13H,6-8H2,1-2H3/b4-3+. The minimum absolute atomic E-state index is 0.201. The second-order valence-corrected chi connectivity index (χ2v) is 4.55. The Kier molecular flexibility index (Phi) is 3.15. The van der Waals surface area contributed by atoms with E-state index in [-0.39, 0.29) is 17.9 Å². The Morgan fingerprint density at radius 1 is 1.62 bits per heavy atom. The van der Waals surface area contributed by atoms with Crippen molar-refractivity contribution in [1.29, 1.82) is 0 Å². The van der Waals surface area contributed by atoms with Crippen LogP contribution in [0.2, 0.25) is 0 Å². The van der Waals surface area contributed by atoms with Gasteiger partial charge in [-0.3, -0.25) is 0 Å². The number of rotatable bonds is 2. The van der Waals surface area contributed by atoms with Gasteiger partial charge in [-0.15, -0.1) is 0 Å². The summed E-state index contributed by atoms with van der Waals surface area (Å²) in [4.78, 5) is 0. The third-order valence-electron chi connectivity index (χ3n) is 2.47. The molecule has 1 atom stereocenters. The van der Waals surface area contributed by atoms with Crippen molar-refractivity contribution in [3.05, 3.63) is 24.0 Å². The first-order valence-corrected chi connectivity index (χ1v) is 4.70. The summed E-state index contributed by atoms with van der Waals surface area (Å²) in [5.41, 5.74) is 1.36. The molecule has 1 aliphatic rings. The molecule has 0 saturated heterocycles. The Hall–Kier alpha value is -0.760. The van der Waals surface area contributed by atoms with Crippen molar-refractivity contribution in [2.24, 2.45) is 11.3 Å². The molecule has 0 aromatic heterocycles. The lowest BCUT2D eigenvalue weighted by Crippen LogP contribution is -2.23. The van der Waals surface area contributed by atoms with Gasteiger partial charge in [0, 0.05) is 12.5 Å². The summed E-state index contributed by atoms with van der Waals surface area (Å²) in [5, 5.41) is 17.7. The summed E-state index contributed by atoms with van der Waals surface area (Å²) in [6.07, 6.45) is 6.83. The molecule has 0 spiro atoms. The lowest BCUT2D eigenvalue weighted by atomic mass is 9.73. The summed E-state index contributed by atoms with van der Waals surface area (Å²) < 4.78 is 0. The number of allylic oxidation sites excluding steroid dienone is 2. The van der Waals surface area contributed by atoms with E-state index in [1.54, 1.807) is 6.08 Å². The van der Waals surface area contributed by atoms with E-state index < -0.39 is 0 Å². The second-order valence-electron chi connectivity index (χ2n) is 4.55. The number of aliphatic hydroxyl groups is 2. The third-order valence-corrected chi connectivity index (χ3v) is 2.47. The zero-order chi connectivity index (χ0) is 9.90. The van der Waals surface area contributed by atoms with Crippen LogP contribution in [0.1, 0.15) is 26.7 Å². The van der Waals surface area contributed by atoms with Gasteiger partial charge in [0.25, 0.3) is 0 Å². The molecule has 0 amide bonds. The molecular formula is C11H18O2. The Bertz CT molecular complexity index is 226. The van der Waals surface area contributed by atoms with Crippen LogP contribution in [0, 0.1) is 11.3 Å². The van der Waals surface area contributed by atoms with E-state index in [9.17, 15) is 0 Å². The summed E-state index contributed by atoms with van der Waals surface area (Å²) in [6, 6.07) is 0. The molecular weight excluding hydrogens is 164 g/mol. The van der Waals surface area contributed by atoms with Crippen molar-refractivity contribution < 1.29 is 10.2 Å². The maximum atomic E-state index is 9.08. The maximum absolute atomic E-state index is 9.08. The average molecular weight is 182 g/mol. The van der Waals surface area contributed by atoms with E-state index in [2.05, 4.69) is 19.9 Å². The normalized spacial score (nSPS) is 27.6. The Morgan fingerprint density at radius 3 is 2.85 bits per heavy atom. The van der Waals surface area contributed by atoms with Crippen LogP contribution in [-0.4, -0.2) is 16.8 Å². The van der Waals surface area contributed by atoms with E-state index in [0.717, 1.165) is 24.7 Å². The summed E-state index contributed by atoms with van der Waals surface area (Å²) in [6.45, 7) is 4.58. The highest BCUT2D eigenvalue weighted by Gasteiger charge is 2.27. The van der Waals surface area contributed by atoms with Crippen LogP contribution in [0.15, 0.2) is 24.0 Å². The maximum Gasteiger partial charge on any atom is 0.0794 e. The number of hydrogen-bond donors (Lipinski definition) is 2. The molecule has 0 aliphatic heterocycles. The molecule has 0 aromatic rings. The minimum Gasteiger partial charge on any atom is -0.516 e. The molecule has 74 valence electrons. The van der Waals surface area contributed by atoms with Gasteiger partial charge in [0.15, 0.2) is 0 Å². The van der Waals surface area contributed by atoms with Crippen molar-refractivity contribution in [3.8, 4) is 0 Å². The van der Waals surface area contributed by atoms with Crippen LogP contribution in [-0.2, 0) is 0 Å². The van der Waals surface area contributed by atoms with Gasteiger partial charge in [-0.05, 0) is 29.9 Å². The quantitative estimate of drug-likeness (QED) is 0.644. The first-order chi connectivity index (χ1) is 6.07. The Labute approximate surface area is 79.6 Å². The Balaban J connectivity index is 2.78. The van der Waals surface area contributed by atoms with Gasteiger partial charge in [-0.2, -0.15) is 0 Å². The van der Waals surface area contributed by atoms with Crippen LogP contribution in [0.4, 0.5) is 0 Å². The molecule has 1 unspecified atom stereocenters. The van der Waals surface area contributed by atoms with Gasteiger partial charge in [0.05, 0.1) is 6.26 Å². The van der Waals surface area contributed by atoms with Crippen LogP contribution in [0.25, 0.3) is 0 Å². The molecule has 0 radical (unpaired) electrons. The second kappa shape index (κ2) is 3.97. The van der Waals surface area contributed by atoms with Crippen molar-refractivity contribution in [1.82, 2.24) is 0 Å². The number of hydrogen-bond acceptors (Lipinski definition) is 2. The molecule has 13 heavy (non-hydrogen) atoms. The summed E-state index contributed by atoms with van der Waals surface area (Å²) in [7, 11) is 0. The predicted octanol–water partition coefficient (Wildman–Crippen LogP) is 2.41. The molecule has 1 aliphatic carbocycles. The van der Waals surface area contributed by atoms with Crippen LogP contribution in [0.3, 0.4) is 0 Å². The molecule has 2 heteroatoms. The first-order valence-electron chi connectivity index (χ1n) is 4.70. The van der Waals surface area contributed by atoms with E-state index in [1.807, 2.05) is 0 Å². The van der Waals surface area contributed by atoms with Crippen LogP contribution >= 0.6 is 0 Å². The van der Waals surface area contributed by atoms with Gasteiger partial charge in [-0.1, -0.05) is 19.9 Å². The fraction of sp³-hybridized carbons (Fsp3) is 0.636. The van der Waals surface area contributed by atoms with Crippen molar-refractivity contribution in [3.63, 3.8) is 0 Å². The molecule has 2 N–H and O–H groups in total. The van der Waals surface area contributed by atoms with Crippen molar-refractivity contribution in [2.75, 3.05) is 6.61 Å². The summed E-state index contributed by atoms with van der Waals surface area (Å²) in [5.74, 6) is 0.245. The first kappa shape index (κ1) is 10.3. The highest BCUT2D eigenvalue weighted by Crippen LogP contribution is 2.38. The molecule has 0 bridgehead atoms. The molecule has 0 heterocycles. The van der Waals surface area contributed by atoms with Crippen molar-refractivity contribution in [2.45, 2.75) is 26.7 Å². The topological polar surface area (TPSA) is 40.5 Å². The summed E-state index contributed by atoms with van der Waals surface area (Å²) >= 11 is 0. The fourth-order valence-electron chi connectivity index (χ4n) is 2.08. The smallest absolute Gasteiger partial charge is 0.0794 e. The molecule has 0 aromatic carbocycles. The Morgan fingerprint density at radius 2 is 2.31 bits per heavy atom. The minimum atomic E-state index is 0.201. The third kappa shape index (κ3) is 2.88. The SMILES string of the molecule is CC1(C)CC(/C=C/O)=CC(CO)C1. The lowest BCUT2D eigenvalue weighted by molar-refractivity contribution is 0.187. The predicted molar refractivity (Wildman–Crippen MR) is 53.4 cm³/mol. The lowest BCUT2D eigenvalue weighted by Gasteiger charge is -2.33. The number of aliphatic hydroxyl groups excluding tert-OH is 2. The van der Waals surface area contributed by atoms with E-state index >= 15 is 0 Å². The van der Waals surface area contributed by atoms with E-state index in [1.165, 1.54) is 0 Å². The zero-order valence-corrected chi connectivity index (χ0v) is 8.33. The van der Waals surface area contributed by atoms with Gasteiger partial charge >= 0.3 is 0 Å². The highest BCUT2D eigenvalue weighted by atomic mass is 16.3. The van der Waals surface area contributed by atoms with Gasteiger partial charge in [-0.25, -0.2) is 0 Å². The van der Waals surface area contributed by atoms with Gasteiger partial charge < -0.3 is 10.2 Å². The van der Waals surface area contributed by atoms with E-state index in [4.69, 9.17) is 10.2 Å². The molecule has 2 nitrogen and oxygen atoms in total. The zero-order valence-electron chi connectivity index (χ0n) is 8.33. The van der Waals surface area contributed by atoms with Crippen LogP contribution in [0.5, 0.6) is 0 Å². The van der Waals surface area contributed by atoms with Crippen LogP contribution < -0.4 is 0 Å². The molecule has 0 fully saturated rings. The fourth-order valence-corrected chi connectivity index (χ4v) is 2.08. The monoisotopic (exact) mass is 182 g/mol. The van der Waals surface area contributed by atoms with E-state index in [0.29, 0.717) is 0 Å². The van der Waals surface area contributed by atoms with Gasteiger partial charge in [0.1, 0.15) is 0 Å². The molecule has 1 rings (SSSR count). The van der Waals surface area contributed by atoms with Crippen molar-refractivity contribution >= 4 is 0 Å². The largest absolute Gasteiger partial charge is 0.516 e. The van der Waals surface area contributed by atoms with Gasteiger partial charge in [0.2, 0.25) is 0 Å². The highest BCUT2D eigenvalue weighted by molar-refractivity contribution is 5.22.